The number of nitrogens with one attached hydrogen (secondary N) is 1. The van der Waals surface area contributed by atoms with E-state index in [1.54, 1.807) is 0 Å². The Balaban J connectivity index is 2.15. The molecule has 1 unspecified atom stereocenters. The molecule has 0 saturated carbocycles. The average molecular weight is 279 g/mol. The van der Waals surface area contributed by atoms with Gasteiger partial charge in [-0.3, -0.25) is 4.68 Å². The molecule has 20 heavy (non-hydrogen) atoms. The molecule has 1 fully saturated rings. The standard InChI is InChI=1S/C16H29N3O/c1-7-8-17-10-13-11-19(18-12(13)2)14-9-15(3,4)20-16(14,5)6/h11,14,17H,7-10H2,1-6H3. The maximum Gasteiger partial charge on any atom is 0.0857 e. The van der Waals surface area contributed by atoms with Crippen molar-refractivity contribution < 1.29 is 4.74 Å². The van der Waals surface area contributed by atoms with Crippen LogP contribution in [0.3, 0.4) is 0 Å². The number of aryl methyl sites for hydroxylation is 1. The van der Waals surface area contributed by atoms with Crippen LogP contribution in [0.15, 0.2) is 6.20 Å². The molecule has 1 aliphatic rings. The minimum absolute atomic E-state index is 0.0748. The molecule has 1 aromatic rings. The highest BCUT2D eigenvalue weighted by Gasteiger charge is 2.47. The first-order valence-electron chi connectivity index (χ1n) is 7.71. The first-order chi connectivity index (χ1) is 9.25. The van der Waals surface area contributed by atoms with Crippen LogP contribution < -0.4 is 5.32 Å². The molecule has 1 aliphatic heterocycles. The lowest BCUT2D eigenvalue weighted by atomic mass is 9.95. The third-order valence-corrected chi connectivity index (χ3v) is 4.11. The van der Waals surface area contributed by atoms with Crippen LogP contribution in [0, 0.1) is 6.92 Å². The van der Waals surface area contributed by atoms with E-state index >= 15 is 0 Å². The number of hydrogen-bond acceptors (Lipinski definition) is 3. The second-order valence-corrected chi connectivity index (χ2v) is 7.08. The van der Waals surface area contributed by atoms with Gasteiger partial charge in [0.2, 0.25) is 0 Å². The van der Waals surface area contributed by atoms with E-state index in [-0.39, 0.29) is 11.2 Å². The van der Waals surface area contributed by atoms with Crippen molar-refractivity contribution in [2.75, 3.05) is 6.54 Å². The van der Waals surface area contributed by atoms with Crippen molar-refractivity contribution in [1.82, 2.24) is 15.1 Å². The van der Waals surface area contributed by atoms with Crippen molar-refractivity contribution in [3.8, 4) is 0 Å². The maximum absolute atomic E-state index is 6.17. The summed E-state index contributed by atoms with van der Waals surface area (Å²) >= 11 is 0. The highest BCUT2D eigenvalue weighted by molar-refractivity contribution is 5.16. The summed E-state index contributed by atoms with van der Waals surface area (Å²) in [5.74, 6) is 0. The van der Waals surface area contributed by atoms with Gasteiger partial charge in [0.1, 0.15) is 0 Å². The van der Waals surface area contributed by atoms with Gasteiger partial charge in [-0.15, -0.1) is 0 Å². The predicted molar refractivity (Wildman–Crippen MR) is 81.9 cm³/mol. The fourth-order valence-corrected chi connectivity index (χ4v) is 3.20. The predicted octanol–water partition coefficient (Wildman–Crippen LogP) is 3.21. The number of rotatable bonds is 5. The number of aromatic nitrogens is 2. The molecular formula is C16H29N3O. The Morgan fingerprint density at radius 2 is 2.10 bits per heavy atom. The molecular weight excluding hydrogens is 250 g/mol. The molecule has 1 saturated heterocycles. The van der Waals surface area contributed by atoms with Gasteiger partial charge in [0.05, 0.1) is 22.9 Å². The van der Waals surface area contributed by atoms with Crippen molar-refractivity contribution in [2.24, 2.45) is 0 Å². The molecule has 0 aromatic carbocycles. The molecule has 0 aliphatic carbocycles. The van der Waals surface area contributed by atoms with Crippen LogP contribution in [-0.2, 0) is 11.3 Å². The molecule has 1 N–H and O–H groups in total. The molecule has 2 heterocycles. The monoisotopic (exact) mass is 279 g/mol. The van der Waals surface area contributed by atoms with Gasteiger partial charge in [-0.25, -0.2) is 0 Å². The quantitative estimate of drug-likeness (QED) is 0.841. The van der Waals surface area contributed by atoms with Crippen LogP contribution >= 0.6 is 0 Å². The average Bonchev–Trinajstić information content (AvgIpc) is 2.76. The Hall–Kier alpha value is -0.870. The van der Waals surface area contributed by atoms with Crippen molar-refractivity contribution in [3.63, 3.8) is 0 Å². The summed E-state index contributed by atoms with van der Waals surface area (Å²) < 4.78 is 8.29. The van der Waals surface area contributed by atoms with Gasteiger partial charge in [-0.1, -0.05) is 6.92 Å². The topological polar surface area (TPSA) is 39.1 Å². The molecule has 4 heteroatoms. The van der Waals surface area contributed by atoms with Crippen LogP contribution in [0.2, 0.25) is 0 Å². The minimum Gasteiger partial charge on any atom is -0.367 e. The van der Waals surface area contributed by atoms with E-state index in [4.69, 9.17) is 9.84 Å². The maximum atomic E-state index is 6.17. The molecule has 0 bridgehead atoms. The van der Waals surface area contributed by atoms with Gasteiger partial charge >= 0.3 is 0 Å². The summed E-state index contributed by atoms with van der Waals surface area (Å²) in [6.45, 7) is 14.9. The second-order valence-electron chi connectivity index (χ2n) is 7.08. The fraction of sp³-hybridized carbons (Fsp3) is 0.812. The van der Waals surface area contributed by atoms with E-state index in [0.717, 1.165) is 31.6 Å². The summed E-state index contributed by atoms with van der Waals surface area (Å²) in [6.07, 6.45) is 4.35. The van der Waals surface area contributed by atoms with Gasteiger partial charge in [0.15, 0.2) is 0 Å². The SMILES string of the molecule is CCCNCc1cn(C2CC(C)(C)OC2(C)C)nc1C. The molecule has 4 nitrogen and oxygen atoms in total. The Labute approximate surface area is 122 Å². The van der Waals surface area contributed by atoms with Gasteiger partial charge in [-0.05, 0) is 47.6 Å². The lowest BCUT2D eigenvalue weighted by molar-refractivity contribution is -0.0737. The molecule has 0 spiro atoms. The van der Waals surface area contributed by atoms with Crippen molar-refractivity contribution in [3.05, 3.63) is 17.5 Å². The van der Waals surface area contributed by atoms with Gasteiger partial charge in [0.25, 0.3) is 0 Å². The molecule has 0 radical (unpaired) electrons. The Bertz CT molecular complexity index is 462. The first-order valence-corrected chi connectivity index (χ1v) is 7.71. The van der Waals surface area contributed by atoms with Crippen LogP contribution in [0.4, 0.5) is 0 Å². The van der Waals surface area contributed by atoms with Crippen molar-refractivity contribution in [2.45, 2.75) is 78.2 Å². The smallest absolute Gasteiger partial charge is 0.0857 e. The van der Waals surface area contributed by atoms with E-state index in [2.05, 4.69) is 57.7 Å². The van der Waals surface area contributed by atoms with Gasteiger partial charge in [0, 0.05) is 24.7 Å². The van der Waals surface area contributed by atoms with E-state index in [1.807, 2.05) is 0 Å². The van der Waals surface area contributed by atoms with E-state index in [0.29, 0.717) is 6.04 Å². The van der Waals surface area contributed by atoms with E-state index < -0.39 is 0 Å². The lowest BCUT2D eigenvalue weighted by Crippen LogP contribution is -2.31. The number of nitrogens with zero attached hydrogens (tertiary/aromatic N) is 2. The zero-order valence-electron chi connectivity index (χ0n) is 13.8. The largest absolute Gasteiger partial charge is 0.367 e. The third kappa shape index (κ3) is 3.23. The van der Waals surface area contributed by atoms with Gasteiger partial charge < -0.3 is 10.1 Å². The molecule has 1 aromatic heterocycles. The zero-order chi connectivity index (χ0) is 15.0. The number of ether oxygens (including phenoxy) is 1. The summed E-state index contributed by atoms with van der Waals surface area (Å²) in [7, 11) is 0. The normalized spacial score (nSPS) is 24.2. The van der Waals surface area contributed by atoms with Crippen molar-refractivity contribution in [1.29, 1.82) is 0 Å². The summed E-state index contributed by atoms with van der Waals surface area (Å²) in [5, 5.41) is 8.18. The molecule has 114 valence electrons. The van der Waals surface area contributed by atoms with Crippen LogP contribution in [0.1, 0.15) is 64.8 Å². The fourth-order valence-electron chi connectivity index (χ4n) is 3.20. The van der Waals surface area contributed by atoms with E-state index in [1.165, 1.54) is 5.56 Å². The molecule has 1 atom stereocenters. The molecule has 0 amide bonds. The highest BCUT2D eigenvalue weighted by atomic mass is 16.5. The Morgan fingerprint density at radius 1 is 1.40 bits per heavy atom. The minimum atomic E-state index is -0.171. The van der Waals surface area contributed by atoms with Crippen LogP contribution in [0.5, 0.6) is 0 Å². The third-order valence-electron chi connectivity index (χ3n) is 4.11. The molecule has 2 rings (SSSR count). The Kier molecular flexibility index (Phi) is 4.26. The second kappa shape index (κ2) is 5.49. The van der Waals surface area contributed by atoms with E-state index in [9.17, 15) is 0 Å². The summed E-state index contributed by atoms with van der Waals surface area (Å²) in [4.78, 5) is 0. The lowest BCUT2D eigenvalue weighted by Gasteiger charge is -2.27. The number of hydrogen-bond donors (Lipinski definition) is 1. The van der Waals surface area contributed by atoms with Crippen LogP contribution in [0.25, 0.3) is 0 Å². The Morgan fingerprint density at radius 3 is 2.65 bits per heavy atom. The zero-order valence-corrected chi connectivity index (χ0v) is 13.8. The first kappa shape index (κ1) is 15.5. The van der Waals surface area contributed by atoms with Crippen molar-refractivity contribution >= 4 is 0 Å². The highest BCUT2D eigenvalue weighted by Crippen LogP contribution is 2.44. The van der Waals surface area contributed by atoms with Crippen LogP contribution in [-0.4, -0.2) is 27.5 Å². The van der Waals surface area contributed by atoms with Gasteiger partial charge in [-0.2, -0.15) is 5.10 Å². The summed E-state index contributed by atoms with van der Waals surface area (Å²) in [5.41, 5.74) is 2.16. The summed E-state index contributed by atoms with van der Waals surface area (Å²) in [6, 6.07) is 0.302.